The summed E-state index contributed by atoms with van der Waals surface area (Å²) in [4.78, 5) is 2.71. The van der Waals surface area contributed by atoms with E-state index in [1.54, 1.807) is 0 Å². The van der Waals surface area contributed by atoms with E-state index in [2.05, 4.69) is 11.8 Å². The molecule has 2 fully saturated rings. The zero-order valence-corrected chi connectivity index (χ0v) is 6.84. The summed E-state index contributed by atoms with van der Waals surface area (Å²) in [6, 6.07) is 1.98. The molecule has 0 N–H and O–H groups in total. The van der Waals surface area contributed by atoms with Crippen molar-refractivity contribution in [1.29, 1.82) is 0 Å². The van der Waals surface area contributed by atoms with Crippen LogP contribution in [0.15, 0.2) is 0 Å². The van der Waals surface area contributed by atoms with Crippen LogP contribution in [0, 0.1) is 0 Å². The molecule has 0 heterocycles. The zero-order chi connectivity index (χ0) is 6.97. The first-order valence-corrected chi connectivity index (χ1v) is 4.67. The molecule has 2 saturated carbocycles. The van der Waals surface area contributed by atoms with Gasteiger partial charge in [0, 0.05) is 12.1 Å². The van der Waals surface area contributed by atoms with Crippen molar-refractivity contribution < 1.29 is 0 Å². The van der Waals surface area contributed by atoms with Gasteiger partial charge in [0.15, 0.2) is 0 Å². The second kappa shape index (κ2) is 2.54. The Balaban J connectivity index is 1.84. The average Bonchev–Trinajstić information content (AvgIpc) is 2.58. The predicted molar refractivity (Wildman–Crippen MR) is 43.0 cm³/mol. The summed E-state index contributed by atoms with van der Waals surface area (Å²) in [5.74, 6) is 0. The topological polar surface area (TPSA) is 3.24 Å². The Labute approximate surface area is 63.4 Å². The summed E-state index contributed by atoms with van der Waals surface area (Å²) < 4.78 is 0. The summed E-state index contributed by atoms with van der Waals surface area (Å²) in [6.45, 7) is 3.59. The molecule has 0 spiro atoms. The third kappa shape index (κ3) is 1.07. The van der Waals surface area contributed by atoms with Gasteiger partial charge in [-0.3, -0.25) is 4.90 Å². The molecule has 0 saturated heterocycles. The van der Waals surface area contributed by atoms with Crippen LogP contribution in [0.25, 0.3) is 0 Å². The van der Waals surface area contributed by atoms with Crippen LogP contribution in [-0.4, -0.2) is 23.5 Å². The van der Waals surface area contributed by atoms with E-state index in [1.807, 2.05) is 0 Å². The lowest BCUT2D eigenvalue weighted by Crippen LogP contribution is -2.41. The maximum absolute atomic E-state index is 2.71. The molecule has 2 rings (SSSR count). The van der Waals surface area contributed by atoms with Gasteiger partial charge in [-0.1, -0.05) is 13.3 Å². The summed E-state index contributed by atoms with van der Waals surface area (Å²) in [5.41, 5.74) is 0. The van der Waals surface area contributed by atoms with Gasteiger partial charge in [-0.15, -0.1) is 0 Å². The van der Waals surface area contributed by atoms with Crippen LogP contribution in [0.4, 0.5) is 0 Å². The Morgan fingerprint density at radius 1 is 1.10 bits per heavy atom. The van der Waals surface area contributed by atoms with E-state index in [4.69, 9.17) is 0 Å². The van der Waals surface area contributed by atoms with Crippen LogP contribution >= 0.6 is 0 Å². The lowest BCUT2D eigenvalue weighted by molar-refractivity contribution is 0.126. The minimum absolute atomic E-state index is 0.984. The van der Waals surface area contributed by atoms with E-state index in [1.165, 1.54) is 38.6 Å². The Morgan fingerprint density at radius 2 is 1.70 bits per heavy atom. The van der Waals surface area contributed by atoms with Crippen LogP contribution in [0.3, 0.4) is 0 Å². The molecule has 0 aromatic rings. The van der Waals surface area contributed by atoms with Gasteiger partial charge < -0.3 is 0 Å². The van der Waals surface area contributed by atoms with Crippen molar-refractivity contribution in [3.63, 3.8) is 0 Å². The molecule has 0 bridgehead atoms. The SMILES string of the molecule is CCN(C1CCC1)C1CC1. The first kappa shape index (κ1) is 6.66. The molecule has 0 atom stereocenters. The molecular weight excluding hydrogens is 122 g/mol. The molecule has 0 amide bonds. The Bertz CT molecular complexity index is 114. The van der Waals surface area contributed by atoms with Crippen molar-refractivity contribution in [2.45, 2.75) is 51.1 Å². The third-order valence-electron chi connectivity index (χ3n) is 2.92. The smallest absolute Gasteiger partial charge is 0.00992 e. The highest BCUT2D eigenvalue weighted by molar-refractivity contribution is 4.91. The predicted octanol–water partition coefficient (Wildman–Crippen LogP) is 2.02. The van der Waals surface area contributed by atoms with Gasteiger partial charge in [0.05, 0.1) is 0 Å². The average molecular weight is 139 g/mol. The Hall–Kier alpha value is -0.0400. The maximum atomic E-state index is 2.71. The summed E-state index contributed by atoms with van der Waals surface area (Å²) >= 11 is 0. The summed E-state index contributed by atoms with van der Waals surface area (Å²) in [6.07, 6.45) is 7.39. The fraction of sp³-hybridized carbons (Fsp3) is 1.00. The summed E-state index contributed by atoms with van der Waals surface area (Å²) in [7, 11) is 0. The minimum Gasteiger partial charge on any atom is -0.298 e. The first-order chi connectivity index (χ1) is 4.92. The van der Waals surface area contributed by atoms with Gasteiger partial charge in [-0.2, -0.15) is 0 Å². The number of nitrogens with zero attached hydrogens (tertiary/aromatic N) is 1. The largest absolute Gasteiger partial charge is 0.298 e. The normalized spacial score (nSPS) is 27.0. The van der Waals surface area contributed by atoms with E-state index >= 15 is 0 Å². The molecule has 58 valence electrons. The quantitative estimate of drug-likeness (QED) is 0.578. The van der Waals surface area contributed by atoms with Crippen LogP contribution < -0.4 is 0 Å². The lowest BCUT2D eigenvalue weighted by atomic mass is 9.91. The highest BCUT2D eigenvalue weighted by Gasteiger charge is 2.34. The molecule has 2 aliphatic rings. The van der Waals surface area contributed by atoms with Gasteiger partial charge in [0.25, 0.3) is 0 Å². The molecule has 0 aromatic carbocycles. The standard InChI is InChI=1S/C9H17N/c1-2-10(9-6-7-9)8-4-3-5-8/h8-9H,2-7H2,1H3. The second-order valence-corrected chi connectivity index (χ2v) is 3.65. The van der Waals surface area contributed by atoms with Gasteiger partial charge in [0.1, 0.15) is 0 Å². The molecule has 1 heteroatoms. The monoisotopic (exact) mass is 139 g/mol. The minimum atomic E-state index is 0.984. The lowest BCUT2D eigenvalue weighted by Gasteiger charge is -2.37. The van der Waals surface area contributed by atoms with Crippen LogP contribution in [0.1, 0.15) is 39.0 Å². The number of hydrogen-bond acceptors (Lipinski definition) is 1. The van der Waals surface area contributed by atoms with Crippen molar-refractivity contribution in [1.82, 2.24) is 4.90 Å². The highest BCUT2D eigenvalue weighted by Crippen LogP contribution is 2.34. The maximum Gasteiger partial charge on any atom is 0.00992 e. The summed E-state index contributed by atoms with van der Waals surface area (Å²) in [5, 5.41) is 0. The third-order valence-corrected chi connectivity index (χ3v) is 2.92. The fourth-order valence-electron chi connectivity index (χ4n) is 1.94. The zero-order valence-electron chi connectivity index (χ0n) is 6.84. The molecule has 10 heavy (non-hydrogen) atoms. The van der Waals surface area contributed by atoms with Crippen molar-refractivity contribution in [2.75, 3.05) is 6.54 Å². The van der Waals surface area contributed by atoms with Gasteiger partial charge in [0.2, 0.25) is 0 Å². The van der Waals surface area contributed by atoms with E-state index in [-0.39, 0.29) is 0 Å². The van der Waals surface area contributed by atoms with Gasteiger partial charge in [-0.05, 0) is 32.2 Å². The number of hydrogen-bond donors (Lipinski definition) is 0. The van der Waals surface area contributed by atoms with E-state index in [9.17, 15) is 0 Å². The molecular formula is C9H17N. The second-order valence-electron chi connectivity index (χ2n) is 3.65. The fourth-order valence-corrected chi connectivity index (χ4v) is 1.94. The van der Waals surface area contributed by atoms with Crippen LogP contribution in [-0.2, 0) is 0 Å². The molecule has 0 radical (unpaired) electrons. The molecule has 0 aliphatic heterocycles. The van der Waals surface area contributed by atoms with E-state index in [0.717, 1.165) is 12.1 Å². The first-order valence-electron chi connectivity index (χ1n) is 4.67. The Morgan fingerprint density at radius 3 is 2.00 bits per heavy atom. The van der Waals surface area contributed by atoms with Crippen molar-refractivity contribution in [3.8, 4) is 0 Å². The highest BCUT2D eigenvalue weighted by atomic mass is 15.2. The van der Waals surface area contributed by atoms with Crippen molar-refractivity contribution in [3.05, 3.63) is 0 Å². The molecule has 1 nitrogen and oxygen atoms in total. The number of rotatable bonds is 3. The van der Waals surface area contributed by atoms with Gasteiger partial charge in [-0.25, -0.2) is 0 Å². The molecule has 2 aliphatic carbocycles. The van der Waals surface area contributed by atoms with Crippen molar-refractivity contribution >= 4 is 0 Å². The van der Waals surface area contributed by atoms with E-state index in [0.29, 0.717) is 0 Å². The van der Waals surface area contributed by atoms with E-state index < -0.39 is 0 Å². The molecule has 0 unspecified atom stereocenters. The molecule has 0 aromatic heterocycles. The van der Waals surface area contributed by atoms with Crippen molar-refractivity contribution in [2.24, 2.45) is 0 Å². The Kier molecular flexibility index (Phi) is 1.69. The van der Waals surface area contributed by atoms with Gasteiger partial charge >= 0.3 is 0 Å². The van der Waals surface area contributed by atoms with Crippen LogP contribution in [0.2, 0.25) is 0 Å². The van der Waals surface area contributed by atoms with Crippen LogP contribution in [0.5, 0.6) is 0 Å².